The smallest absolute Gasteiger partial charge is 0.227 e. The van der Waals surface area contributed by atoms with E-state index in [1.54, 1.807) is 0 Å². The number of aromatic nitrogens is 1. The molecule has 4 aromatic heterocycles. The van der Waals surface area contributed by atoms with E-state index in [2.05, 4.69) is 120 Å². The van der Waals surface area contributed by atoms with Crippen LogP contribution in [0.5, 0.6) is 0 Å². The van der Waals surface area contributed by atoms with Gasteiger partial charge in [-0.05, 0) is 78.9 Å². The van der Waals surface area contributed by atoms with E-state index in [1.807, 2.05) is 53.0 Å². The van der Waals surface area contributed by atoms with Gasteiger partial charge in [-0.1, -0.05) is 66.7 Å². The molecule has 0 bridgehead atoms. The Labute approximate surface area is 287 Å². The average Bonchev–Trinajstić information content (AvgIpc) is 3.92. The van der Waals surface area contributed by atoms with E-state index in [4.69, 9.17) is 13.8 Å². The molecular formula is C43H24N2O2S2. The number of fused-ring (bicyclic) bond motifs is 11. The molecule has 4 nitrogen and oxygen atoms in total. The molecule has 0 fully saturated rings. The third kappa shape index (κ3) is 4.11. The summed E-state index contributed by atoms with van der Waals surface area (Å²) in [5, 5.41) is 7.20. The van der Waals surface area contributed by atoms with Crippen molar-refractivity contribution in [2.24, 2.45) is 0 Å². The summed E-state index contributed by atoms with van der Waals surface area (Å²) in [6.45, 7) is 0. The predicted octanol–water partition coefficient (Wildman–Crippen LogP) is 13.6. The fraction of sp³-hybridized carbons (Fsp3) is 0. The quantitative estimate of drug-likeness (QED) is 0.188. The molecule has 7 aromatic carbocycles. The van der Waals surface area contributed by atoms with Gasteiger partial charge in [0.1, 0.15) is 16.7 Å². The zero-order valence-corrected chi connectivity index (χ0v) is 27.5. The highest BCUT2D eigenvalue weighted by atomic mass is 32.1. The van der Waals surface area contributed by atoms with Gasteiger partial charge in [-0.3, -0.25) is 0 Å². The summed E-state index contributed by atoms with van der Waals surface area (Å²) in [7, 11) is 0. The van der Waals surface area contributed by atoms with Gasteiger partial charge in [0.25, 0.3) is 0 Å². The van der Waals surface area contributed by atoms with Crippen LogP contribution in [0.2, 0.25) is 0 Å². The van der Waals surface area contributed by atoms with Crippen LogP contribution in [0.3, 0.4) is 0 Å². The van der Waals surface area contributed by atoms with E-state index >= 15 is 0 Å². The molecule has 11 rings (SSSR count). The maximum absolute atomic E-state index is 6.34. The Morgan fingerprint density at radius 3 is 1.65 bits per heavy atom. The van der Waals surface area contributed by atoms with Gasteiger partial charge in [-0.2, -0.15) is 0 Å². The van der Waals surface area contributed by atoms with Crippen LogP contribution in [-0.4, -0.2) is 4.98 Å². The van der Waals surface area contributed by atoms with Gasteiger partial charge in [-0.15, -0.1) is 22.7 Å². The van der Waals surface area contributed by atoms with E-state index in [0.29, 0.717) is 5.89 Å². The van der Waals surface area contributed by atoms with Crippen LogP contribution in [-0.2, 0) is 0 Å². The molecule has 0 amide bonds. The fourth-order valence-electron chi connectivity index (χ4n) is 7.23. The molecule has 0 atom stereocenters. The van der Waals surface area contributed by atoms with Crippen molar-refractivity contribution in [3.8, 4) is 11.5 Å². The van der Waals surface area contributed by atoms with Crippen LogP contribution in [0.15, 0.2) is 154 Å². The van der Waals surface area contributed by atoms with E-state index in [9.17, 15) is 0 Å². The summed E-state index contributed by atoms with van der Waals surface area (Å²) in [6.07, 6.45) is 0. The fourth-order valence-corrected chi connectivity index (χ4v) is 9.51. The van der Waals surface area contributed by atoms with Crippen molar-refractivity contribution in [1.29, 1.82) is 0 Å². The first-order valence-corrected chi connectivity index (χ1v) is 17.8. The summed E-state index contributed by atoms with van der Waals surface area (Å²) < 4.78 is 17.6. The van der Waals surface area contributed by atoms with Crippen molar-refractivity contribution in [1.82, 2.24) is 4.98 Å². The molecule has 0 radical (unpaired) electrons. The maximum atomic E-state index is 6.34. The number of thiophene rings is 2. The van der Waals surface area contributed by atoms with Gasteiger partial charge < -0.3 is 13.7 Å². The van der Waals surface area contributed by atoms with Gasteiger partial charge in [0, 0.05) is 68.4 Å². The molecule has 0 aliphatic rings. The van der Waals surface area contributed by atoms with Crippen molar-refractivity contribution >= 4 is 113 Å². The Morgan fingerprint density at radius 2 is 0.980 bits per heavy atom. The summed E-state index contributed by atoms with van der Waals surface area (Å²) in [5.74, 6) is 0.587. The largest absolute Gasteiger partial charge is 0.456 e. The first-order valence-electron chi connectivity index (χ1n) is 16.2. The Hall–Kier alpha value is -5.95. The molecule has 11 aromatic rings. The molecule has 0 saturated heterocycles. The van der Waals surface area contributed by atoms with Crippen LogP contribution < -0.4 is 4.90 Å². The molecule has 0 N–H and O–H groups in total. The van der Waals surface area contributed by atoms with Gasteiger partial charge in [-0.25, -0.2) is 4.98 Å². The maximum Gasteiger partial charge on any atom is 0.227 e. The van der Waals surface area contributed by atoms with Gasteiger partial charge in [0.15, 0.2) is 5.58 Å². The third-order valence-electron chi connectivity index (χ3n) is 9.51. The van der Waals surface area contributed by atoms with Crippen molar-refractivity contribution in [3.63, 3.8) is 0 Å². The number of benzene rings is 7. The van der Waals surface area contributed by atoms with E-state index < -0.39 is 0 Å². The number of furan rings is 1. The normalized spacial score (nSPS) is 12.1. The third-order valence-corrected chi connectivity index (χ3v) is 11.8. The Bertz CT molecular complexity index is 2960. The summed E-state index contributed by atoms with van der Waals surface area (Å²) in [4.78, 5) is 7.35. The molecule has 6 heteroatoms. The van der Waals surface area contributed by atoms with E-state index in [-0.39, 0.29) is 0 Å². The van der Waals surface area contributed by atoms with Gasteiger partial charge in [0.2, 0.25) is 5.89 Å². The molecule has 0 aliphatic heterocycles. The lowest BCUT2D eigenvalue weighted by Crippen LogP contribution is -2.09. The number of nitrogens with zero attached hydrogens (tertiary/aromatic N) is 2. The van der Waals surface area contributed by atoms with Gasteiger partial charge >= 0.3 is 0 Å². The highest BCUT2D eigenvalue weighted by Gasteiger charge is 2.19. The Kier molecular flexibility index (Phi) is 5.67. The zero-order chi connectivity index (χ0) is 32.1. The second-order valence-corrected chi connectivity index (χ2v) is 14.5. The highest BCUT2D eigenvalue weighted by molar-refractivity contribution is 7.26. The number of hydrogen-bond donors (Lipinski definition) is 0. The predicted molar refractivity (Wildman–Crippen MR) is 207 cm³/mol. The molecule has 0 saturated carbocycles. The SMILES string of the molecule is c1ccc2c(c1)oc1ccc3oc(-c4ccc(N(c5ccc6c(c5)sc5ccccc56)c5ccc6c(c5)sc5ccccc56)cc4)nc3c12. The number of para-hydroxylation sites is 1. The molecule has 0 aliphatic carbocycles. The molecule has 49 heavy (non-hydrogen) atoms. The van der Waals surface area contributed by atoms with Crippen molar-refractivity contribution in [2.45, 2.75) is 0 Å². The first-order chi connectivity index (χ1) is 24.2. The lowest BCUT2D eigenvalue weighted by Gasteiger charge is -2.26. The first kappa shape index (κ1) is 27.0. The monoisotopic (exact) mass is 664 g/mol. The number of hydrogen-bond acceptors (Lipinski definition) is 6. The van der Waals surface area contributed by atoms with Crippen molar-refractivity contribution in [2.75, 3.05) is 4.90 Å². The minimum Gasteiger partial charge on any atom is -0.456 e. The topological polar surface area (TPSA) is 42.4 Å². The zero-order valence-electron chi connectivity index (χ0n) is 25.9. The average molecular weight is 665 g/mol. The molecule has 230 valence electrons. The second-order valence-electron chi connectivity index (χ2n) is 12.3. The van der Waals surface area contributed by atoms with E-state index in [1.165, 1.54) is 40.3 Å². The van der Waals surface area contributed by atoms with Crippen LogP contribution in [0.25, 0.3) is 84.8 Å². The van der Waals surface area contributed by atoms with Crippen LogP contribution in [0.1, 0.15) is 0 Å². The van der Waals surface area contributed by atoms with Crippen LogP contribution in [0, 0.1) is 0 Å². The lowest BCUT2D eigenvalue weighted by atomic mass is 10.1. The molecule has 4 heterocycles. The second kappa shape index (κ2) is 10.3. The van der Waals surface area contributed by atoms with E-state index in [0.717, 1.165) is 55.7 Å². The summed E-state index contributed by atoms with van der Waals surface area (Å²) in [5.41, 5.74) is 7.42. The lowest BCUT2D eigenvalue weighted by molar-refractivity contribution is 0.619. The number of anilines is 3. The Balaban J connectivity index is 1.05. The summed E-state index contributed by atoms with van der Waals surface area (Å²) in [6, 6.07) is 51.5. The van der Waals surface area contributed by atoms with Crippen molar-refractivity contribution in [3.05, 3.63) is 146 Å². The van der Waals surface area contributed by atoms with Gasteiger partial charge in [0.05, 0.1) is 5.39 Å². The molecule has 0 unspecified atom stereocenters. The highest BCUT2D eigenvalue weighted by Crippen LogP contribution is 2.44. The number of oxazole rings is 1. The molecule has 0 spiro atoms. The minimum absolute atomic E-state index is 0.587. The van der Waals surface area contributed by atoms with Crippen LogP contribution >= 0.6 is 22.7 Å². The van der Waals surface area contributed by atoms with Crippen LogP contribution in [0.4, 0.5) is 17.1 Å². The minimum atomic E-state index is 0.587. The number of rotatable bonds is 4. The van der Waals surface area contributed by atoms with Crippen molar-refractivity contribution < 1.29 is 8.83 Å². The standard InChI is InChI=1S/C43H24N2O2S2/c1-4-10-34-33(9-1)41-35(46-34)21-22-36-42(41)44-43(47-36)25-13-15-26(16-14-25)45(27-17-19-31-29-7-2-5-11-37(29)48-39(31)23-27)28-18-20-32-30-8-3-6-12-38(30)49-40(32)24-28/h1-24H. The Morgan fingerprint density at radius 1 is 0.429 bits per heavy atom. The molecular weight excluding hydrogens is 641 g/mol. The summed E-state index contributed by atoms with van der Waals surface area (Å²) >= 11 is 3.68.